The summed E-state index contributed by atoms with van der Waals surface area (Å²) >= 11 is 0. The van der Waals surface area contributed by atoms with Gasteiger partial charge in [-0.15, -0.1) is 0 Å². The van der Waals surface area contributed by atoms with Crippen molar-refractivity contribution < 1.29 is 4.74 Å². The van der Waals surface area contributed by atoms with Gasteiger partial charge in [-0.2, -0.15) is 10.2 Å². The molecule has 3 unspecified atom stereocenters. The third kappa shape index (κ3) is 2.88. The molecule has 3 N–H and O–H groups in total. The van der Waals surface area contributed by atoms with Crippen LogP contribution >= 0.6 is 0 Å². The van der Waals surface area contributed by atoms with Crippen molar-refractivity contribution in [2.45, 2.75) is 70.1 Å². The quantitative estimate of drug-likeness (QED) is 0.734. The van der Waals surface area contributed by atoms with E-state index in [-0.39, 0.29) is 0 Å². The number of rotatable bonds is 4. The van der Waals surface area contributed by atoms with E-state index in [1.54, 1.807) is 5.57 Å². The SMILES string of the molecule is Cc1cnn2c1OCCC2Cc1cnn2c1CNCC2CC1=C2CCCC2NN1. The fourth-order valence-electron chi connectivity index (χ4n) is 5.48. The zero-order valence-corrected chi connectivity index (χ0v) is 16.9. The molecule has 4 aliphatic rings. The van der Waals surface area contributed by atoms with E-state index in [0.29, 0.717) is 18.1 Å². The van der Waals surface area contributed by atoms with E-state index in [1.807, 2.05) is 6.20 Å². The molecule has 0 radical (unpaired) electrons. The molecule has 3 atom stereocenters. The molecule has 0 saturated heterocycles. The first-order chi connectivity index (χ1) is 14.3. The fraction of sp³-hybridized carbons (Fsp3) is 0.619. The molecule has 1 fully saturated rings. The Morgan fingerprint density at radius 3 is 3.03 bits per heavy atom. The molecule has 0 bridgehead atoms. The standard InChI is InChI=1S/C21H29N7O/c1-13-9-23-28-15(5-6-29-21(13)28)7-14-10-24-27-16(11-22-12-20(14)27)8-19-17-3-2-4-18(17)25-26-19/h9-10,15-16,18,22,25-26H,2-8,11-12H2,1H3. The van der Waals surface area contributed by atoms with Gasteiger partial charge in [0.2, 0.25) is 5.88 Å². The Bertz CT molecular complexity index is 958. The lowest BCUT2D eigenvalue weighted by atomic mass is 10.0. The predicted octanol–water partition coefficient (Wildman–Crippen LogP) is 1.90. The second-order valence-corrected chi connectivity index (χ2v) is 8.84. The van der Waals surface area contributed by atoms with Crippen molar-refractivity contribution >= 4 is 0 Å². The number of aromatic nitrogens is 4. The van der Waals surface area contributed by atoms with Crippen LogP contribution in [0.25, 0.3) is 0 Å². The van der Waals surface area contributed by atoms with E-state index in [9.17, 15) is 0 Å². The first-order valence-corrected chi connectivity index (χ1v) is 10.9. The summed E-state index contributed by atoms with van der Waals surface area (Å²) < 4.78 is 10.2. The normalized spacial score (nSPS) is 28.0. The van der Waals surface area contributed by atoms with E-state index < -0.39 is 0 Å². The van der Waals surface area contributed by atoms with Gasteiger partial charge in [-0.05, 0) is 43.7 Å². The Labute approximate surface area is 170 Å². The Morgan fingerprint density at radius 2 is 2.07 bits per heavy atom. The largest absolute Gasteiger partial charge is 0.478 e. The molecule has 1 aliphatic carbocycles. The molecule has 6 rings (SSSR count). The summed E-state index contributed by atoms with van der Waals surface area (Å²) in [4.78, 5) is 0. The number of allylic oxidation sites excluding steroid dienone is 1. The van der Waals surface area contributed by atoms with Crippen LogP contribution in [0.1, 0.15) is 61.0 Å². The zero-order valence-electron chi connectivity index (χ0n) is 16.9. The molecule has 0 spiro atoms. The van der Waals surface area contributed by atoms with Crippen molar-refractivity contribution in [3.05, 3.63) is 40.5 Å². The number of nitrogens with one attached hydrogen (secondary N) is 3. The van der Waals surface area contributed by atoms with Crippen LogP contribution in [0.5, 0.6) is 5.88 Å². The third-order valence-electron chi connectivity index (χ3n) is 7.00. The van der Waals surface area contributed by atoms with Gasteiger partial charge in [-0.1, -0.05) is 0 Å². The molecular weight excluding hydrogens is 366 g/mol. The molecule has 1 saturated carbocycles. The Kier molecular flexibility index (Phi) is 4.16. The Morgan fingerprint density at radius 1 is 1.14 bits per heavy atom. The highest BCUT2D eigenvalue weighted by molar-refractivity contribution is 5.29. The molecule has 8 nitrogen and oxygen atoms in total. The Hall–Kier alpha value is -2.32. The van der Waals surface area contributed by atoms with Crippen molar-refractivity contribution in [2.24, 2.45) is 0 Å². The van der Waals surface area contributed by atoms with Gasteiger partial charge in [0.05, 0.1) is 36.8 Å². The van der Waals surface area contributed by atoms with Gasteiger partial charge in [0.1, 0.15) is 0 Å². The molecule has 0 aromatic carbocycles. The molecule has 8 heteroatoms. The summed E-state index contributed by atoms with van der Waals surface area (Å²) in [5, 5.41) is 13.0. The van der Waals surface area contributed by atoms with Crippen molar-refractivity contribution in [1.82, 2.24) is 35.7 Å². The van der Waals surface area contributed by atoms with Gasteiger partial charge in [0, 0.05) is 43.2 Å². The average Bonchev–Trinajstić information content (AvgIpc) is 3.49. The molecule has 2 aromatic heterocycles. The highest BCUT2D eigenvalue weighted by atomic mass is 16.5. The molecule has 154 valence electrons. The van der Waals surface area contributed by atoms with Crippen molar-refractivity contribution in [3.8, 4) is 5.88 Å². The number of ether oxygens (including phenoxy) is 1. The number of hydrogen-bond donors (Lipinski definition) is 3. The van der Waals surface area contributed by atoms with E-state index in [1.165, 1.54) is 36.2 Å². The predicted molar refractivity (Wildman–Crippen MR) is 108 cm³/mol. The number of hydrazine groups is 1. The molecule has 3 aliphatic heterocycles. The van der Waals surface area contributed by atoms with Crippen molar-refractivity contribution in [3.63, 3.8) is 0 Å². The lowest BCUT2D eigenvalue weighted by molar-refractivity contribution is 0.190. The van der Waals surface area contributed by atoms with Crippen LogP contribution in [0.3, 0.4) is 0 Å². The van der Waals surface area contributed by atoms with Crippen molar-refractivity contribution in [2.75, 3.05) is 13.2 Å². The van der Waals surface area contributed by atoms with E-state index in [2.05, 4.69) is 43.8 Å². The second kappa shape index (κ2) is 6.88. The minimum Gasteiger partial charge on any atom is -0.478 e. The Balaban J connectivity index is 1.24. The van der Waals surface area contributed by atoms with Gasteiger partial charge in [0.15, 0.2) is 0 Å². The highest BCUT2D eigenvalue weighted by Gasteiger charge is 2.33. The molecule has 5 heterocycles. The van der Waals surface area contributed by atoms with Crippen LogP contribution in [0.15, 0.2) is 23.7 Å². The van der Waals surface area contributed by atoms with Crippen LogP contribution in [-0.2, 0) is 13.0 Å². The maximum absolute atomic E-state index is 5.83. The molecule has 29 heavy (non-hydrogen) atoms. The number of hydrogen-bond acceptors (Lipinski definition) is 6. The number of nitrogens with zero attached hydrogens (tertiary/aromatic N) is 4. The number of aryl methyl sites for hydroxylation is 1. The van der Waals surface area contributed by atoms with Crippen LogP contribution in [-0.4, -0.2) is 38.8 Å². The van der Waals surface area contributed by atoms with E-state index >= 15 is 0 Å². The monoisotopic (exact) mass is 395 g/mol. The minimum atomic E-state index is 0.339. The first-order valence-electron chi connectivity index (χ1n) is 10.9. The van der Waals surface area contributed by atoms with Crippen molar-refractivity contribution in [1.29, 1.82) is 0 Å². The summed E-state index contributed by atoms with van der Waals surface area (Å²) in [5.74, 6) is 0.928. The highest BCUT2D eigenvalue weighted by Crippen LogP contribution is 2.35. The van der Waals surface area contributed by atoms with Gasteiger partial charge < -0.3 is 15.5 Å². The van der Waals surface area contributed by atoms with Gasteiger partial charge in [0.25, 0.3) is 0 Å². The van der Waals surface area contributed by atoms with Crippen LogP contribution in [0, 0.1) is 6.92 Å². The maximum Gasteiger partial charge on any atom is 0.215 e. The summed E-state index contributed by atoms with van der Waals surface area (Å²) in [5.41, 5.74) is 13.7. The van der Waals surface area contributed by atoms with E-state index in [4.69, 9.17) is 9.84 Å². The van der Waals surface area contributed by atoms with E-state index in [0.717, 1.165) is 50.4 Å². The summed E-state index contributed by atoms with van der Waals surface area (Å²) in [6.07, 6.45) is 10.7. The molecule has 0 amide bonds. The zero-order chi connectivity index (χ0) is 19.4. The van der Waals surface area contributed by atoms with Gasteiger partial charge in [-0.25, -0.2) is 10.1 Å². The summed E-state index contributed by atoms with van der Waals surface area (Å²) in [7, 11) is 0. The lowest BCUT2D eigenvalue weighted by Crippen LogP contribution is -2.36. The van der Waals surface area contributed by atoms with Crippen LogP contribution in [0.2, 0.25) is 0 Å². The third-order valence-corrected chi connectivity index (χ3v) is 7.00. The number of fused-ring (bicyclic) bond motifs is 3. The smallest absolute Gasteiger partial charge is 0.215 e. The maximum atomic E-state index is 5.83. The average molecular weight is 396 g/mol. The topological polar surface area (TPSA) is 81.0 Å². The molecular formula is C21H29N7O. The summed E-state index contributed by atoms with van der Waals surface area (Å²) in [6, 6.07) is 1.25. The fourth-order valence-corrected chi connectivity index (χ4v) is 5.48. The first kappa shape index (κ1) is 17.5. The van der Waals surface area contributed by atoms with Crippen LogP contribution < -0.4 is 20.9 Å². The summed E-state index contributed by atoms with van der Waals surface area (Å²) in [6.45, 7) is 4.68. The minimum absolute atomic E-state index is 0.339. The van der Waals surface area contributed by atoms with Gasteiger partial charge >= 0.3 is 0 Å². The second-order valence-electron chi connectivity index (χ2n) is 8.84. The lowest BCUT2D eigenvalue weighted by Gasteiger charge is -2.28. The molecule has 2 aromatic rings. The van der Waals surface area contributed by atoms with Gasteiger partial charge in [-0.3, -0.25) is 4.68 Å². The van der Waals surface area contributed by atoms with Crippen LogP contribution in [0.4, 0.5) is 0 Å².